The highest BCUT2D eigenvalue weighted by molar-refractivity contribution is 5.49. The second-order valence-corrected chi connectivity index (χ2v) is 30.6. The maximum absolute atomic E-state index is 5.33. The Morgan fingerprint density at radius 2 is 0.802 bits per heavy atom. The van der Waals surface area contributed by atoms with Gasteiger partial charge in [0.05, 0.1) is 28.5 Å². The highest BCUT2D eigenvalue weighted by Crippen LogP contribution is 2.27. The van der Waals surface area contributed by atoms with Crippen LogP contribution in [0.2, 0.25) is 0 Å². The first-order valence-electron chi connectivity index (χ1n) is 32.3. The average Bonchev–Trinajstić information content (AvgIpc) is 1.25. The number of pyridine rings is 5. The molecule has 0 amide bonds. The number of hydrogen-bond acceptors (Lipinski definition) is 11. The Morgan fingerprint density at radius 3 is 1.26 bits per heavy atom. The van der Waals surface area contributed by atoms with E-state index in [9.17, 15) is 0 Å². The second-order valence-electron chi connectivity index (χ2n) is 30.6. The molecule has 8 rings (SSSR count). The molecule has 0 spiro atoms. The van der Waals surface area contributed by atoms with Crippen LogP contribution in [0.15, 0.2) is 168 Å². The van der Waals surface area contributed by atoms with Gasteiger partial charge in [0.2, 0.25) is 0 Å². The molecule has 0 aliphatic rings. The van der Waals surface area contributed by atoms with Crippen molar-refractivity contribution < 1.29 is 0 Å². The van der Waals surface area contributed by atoms with E-state index in [2.05, 4.69) is 284 Å². The minimum Gasteiger partial charge on any atom is -0.257 e. The molecule has 0 radical (unpaired) electrons. The Labute approximate surface area is 581 Å². The molecule has 96 heavy (non-hydrogen) atoms. The van der Waals surface area contributed by atoms with Crippen LogP contribution in [-0.2, 0) is 43.3 Å². The fourth-order valence-corrected chi connectivity index (χ4v) is 7.91. The molecule has 0 aromatic carbocycles. The largest absolute Gasteiger partial charge is 0.257 e. The quantitative estimate of drug-likeness (QED) is 0.147. The molecule has 8 aromatic heterocycles. The Bertz CT molecular complexity index is 3480. The van der Waals surface area contributed by atoms with Gasteiger partial charge in [-0.2, -0.15) is 0 Å². The van der Waals surface area contributed by atoms with E-state index in [0.717, 1.165) is 68.3 Å². The Balaban J connectivity index is 0.000000549. The smallest absolute Gasteiger partial charge is 0.151 e. The van der Waals surface area contributed by atoms with Gasteiger partial charge in [0.25, 0.3) is 0 Å². The van der Waals surface area contributed by atoms with Crippen LogP contribution in [0.5, 0.6) is 0 Å². The molecule has 8 aromatic rings. The van der Waals surface area contributed by atoms with Crippen molar-refractivity contribution in [2.24, 2.45) is 0 Å². The SMILES string of the molecule is C#Cc1cccc(C(C)(C)C)n1.C#Cc1ncccc1C(C)(C)C.C=Cc1cc(C(C)(C)C)ccn1.C=Cc1cc(C(C)(C)C)ncn1.C=Cc1cccc(C(C)(C)C)n1.C=Cc1ccnc(C(C)(C)C)n1.C=Cc1nccc(C(C)(C)C)n1.C=Cc1ncccc1C(C)(C)C. The van der Waals surface area contributed by atoms with Gasteiger partial charge >= 0.3 is 0 Å². The highest BCUT2D eigenvalue weighted by Gasteiger charge is 2.21. The number of terminal acetylenes is 2. The molecule has 0 unspecified atom stereocenters. The van der Waals surface area contributed by atoms with E-state index < -0.39 is 0 Å². The van der Waals surface area contributed by atoms with E-state index in [-0.39, 0.29) is 43.3 Å². The second kappa shape index (κ2) is 38.2. The van der Waals surface area contributed by atoms with Gasteiger partial charge in [-0.1, -0.05) is 236 Å². The van der Waals surface area contributed by atoms with Crippen LogP contribution in [0.1, 0.15) is 257 Å². The van der Waals surface area contributed by atoms with Crippen molar-refractivity contribution in [3.05, 3.63) is 259 Å². The fourth-order valence-electron chi connectivity index (χ4n) is 7.91. The first-order chi connectivity index (χ1) is 44.3. The molecular weight excluding hydrogens is 1180 g/mol. The van der Waals surface area contributed by atoms with E-state index in [0.29, 0.717) is 11.5 Å². The lowest BCUT2D eigenvalue weighted by Crippen LogP contribution is -2.15. The number of hydrogen-bond donors (Lipinski definition) is 0. The molecular formula is C85H113N11. The van der Waals surface area contributed by atoms with Gasteiger partial charge in [-0.25, -0.2) is 39.9 Å². The fraction of sp³-hybridized carbons (Fsp3) is 0.376. The van der Waals surface area contributed by atoms with E-state index in [1.165, 1.54) is 11.1 Å². The summed E-state index contributed by atoms with van der Waals surface area (Å²) >= 11 is 0. The summed E-state index contributed by atoms with van der Waals surface area (Å²) in [7, 11) is 0. The standard InChI is InChI=1S/2C11H15N.C11H13N.C11H15N.C11H13N.3C10H14N2/c1-5-10-8-9(6-7-12-10)11(2,3)4;2*1-5-10-9(11(2,3)4)7-6-8-12-10;2*1-5-9-7-6-8-10(12-9)11(2,3)4;1-5-8-6-9(10(2,3)4)12-7-11-8;1-5-9-11-7-6-8(12-9)10(2,3)4;1-5-8-6-7-11-9(12-8)10(2,3)4/h2*5-8H,1H2,2-4H3;1,6-8H,2-4H3;5-8H,1H2,2-4H3;1,6-8H,2-4H3;3*5-7H,1H2,2-4H3. The molecule has 0 aliphatic heterocycles. The molecule has 8 heterocycles. The van der Waals surface area contributed by atoms with Crippen LogP contribution in [0.25, 0.3) is 36.5 Å². The first-order valence-corrected chi connectivity index (χ1v) is 32.3. The van der Waals surface area contributed by atoms with Crippen LogP contribution in [0.3, 0.4) is 0 Å². The number of aromatic nitrogens is 11. The normalized spacial score (nSPS) is 11.1. The van der Waals surface area contributed by atoms with Gasteiger partial charge in [0, 0.05) is 80.8 Å². The van der Waals surface area contributed by atoms with Gasteiger partial charge in [-0.3, -0.25) is 15.0 Å². The lowest BCUT2D eigenvalue weighted by Gasteiger charge is -2.20. The van der Waals surface area contributed by atoms with Crippen molar-refractivity contribution in [3.63, 3.8) is 0 Å². The van der Waals surface area contributed by atoms with Gasteiger partial charge in [0.1, 0.15) is 23.5 Å². The monoisotopic (exact) mass is 1290 g/mol. The first kappa shape index (κ1) is 84.6. The van der Waals surface area contributed by atoms with Crippen molar-refractivity contribution in [1.29, 1.82) is 0 Å². The van der Waals surface area contributed by atoms with Crippen molar-refractivity contribution in [3.8, 4) is 24.7 Å². The van der Waals surface area contributed by atoms with Crippen LogP contribution >= 0.6 is 0 Å². The average molecular weight is 1290 g/mol. The Kier molecular flexibility index (Phi) is 33.6. The van der Waals surface area contributed by atoms with Gasteiger partial charge in [0.15, 0.2) is 5.82 Å². The van der Waals surface area contributed by atoms with Gasteiger partial charge in [-0.15, -0.1) is 12.8 Å². The third kappa shape index (κ3) is 31.7. The summed E-state index contributed by atoms with van der Waals surface area (Å²) < 4.78 is 0. The van der Waals surface area contributed by atoms with Crippen molar-refractivity contribution >= 4 is 36.5 Å². The minimum atomic E-state index is 0.0129. The molecule has 508 valence electrons. The molecule has 11 heteroatoms. The van der Waals surface area contributed by atoms with Crippen LogP contribution in [-0.4, -0.2) is 54.8 Å². The third-order valence-corrected chi connectivity index (χ3v) is 13.7. The summed E-state index contributed by atoms with van der Waals surface area (Å²) in [4.78, 5) is 46.4. The molecule has 0 bridgehead atoms. The molecule has 0 aliphatic carbocycles. The zero-order chi connectivity index (χ0) is 73.5. The predicted molar refractivity (Wildman–Crippen MR) is 413 cm³/mol. The molecule has 0 saturated carbocycles. The number of nitrogens with zero attached hydrogens (tertiary/aromatic N) is 11. The zero-order valence-corrected chi connectivity index (χ0v) is 62.9. The van der Waals surface area contributed by atoms with Gasteiger partial charge < -0.3 is 0 Å². The summed E-state index contributed by atoms with van der Waals surface area (Å²) in [6.07, 6.45) is 31.5. The summed E-state index contributed by atoms with van der Waals surface area (Å²) in [5.74, 6) is 6.68. The van der Waals surface area contributed by atoms with Crippen molar-refractivity contribution in [2.45, 2.75) is 209 Å². The highest BCUT2D eigenvalue weighted by atomic mass is 14.9. The minimum absolute atomic E-state index is 0.0129. The lowest BCUT2D eigenvalue weighted by atomic mass is 9.86. The van der Waals surface area contributed by atoms with E-state index in [4.69, 9.17) is 12.8 Å². The molecule has 0 N–H and O–H groups in total. The zero-order valence-electron chi connectivity index (χ0n) is 62.9. The van der Waals surface area contributed by atoms with Crippen molar-refractivity contribution in [2.75, 3.05) is 0 Å². The van der Waals surface area contributed by atoms with Crippen LogP contribution in [0, 0.1) is 24.7 Å². The Hall–Kier alpha value is -9.45. The summed E-state index contributed by atoms with van der Waals surface area (Å²) in [6, 6.07) is 29.7. The number of rotatable bonds is 6. The summed E-state index contributed by atoms with van der Waals surface area (Å²) in [6.45, 7) is 73.4. The molecule has 0 fully saturated rings. The van der Waals surface area contributed by atoms with Crippen LogP contribution in [0.4, 0.5) is 0 Å². The molecule has 0 atom stereocenters. The maximum atomic E-state index is 5.33. The summed E-state index contributed by atoms with van der Waals surface area (Å²) in [5, 5.41) is 0. The van der Waals surface area contributed by atoms with Crippen molar-refractivity contribution in [1.82, 2.24) is 54.8 Å². The van der Waals surface area contributed by atoms with E-state index in [1.54, 1.807) is 67.6 Å². The topological polar surface area (TPSA) is 142 Å². The molecule has 11 nitrogen and oxygen atoms in total. The van der Waals surface area contributed by atoms with E-state index in [1.807, 2.05) is 85.1 Å². The molecule has 0 saturated heterocycles. The van der Waals surface area contributed by atoms with Gasteiger partial charge in [-0.05, 0) is 142 Å². The lowest BCUT2D eigenvalue weighted by molar-refractivity contribution is 0.544. The third-order valence-electron chi connectivity index (χ3n) is 13.7. The maximum Gasteiger partial charge on any atom is 0.151 e. The van der Waals surface area contributed by atoms with Crippen LogP contribution < -0.4 is 0 Å². The Morgan fingerprint density at radius 1 is 0.323 bits per heavy atom. The summed E-state index contributed by atoms with van der Waals surface area (Å²) in [5.41, 5.74) is 14.9. The predicted octanol–water partition coefficient (Wildman–Crippen LogP) is 21.0. The van der Waals surface area contributed by atoms with E-state index >= 15 is 0 Å².